The summed E-state index contributed by atoms with van der Waals surface area (Å²) in [6, 6.07) is 8.25. The van der Waals surface area contributed by atoms with Crippen LogP contribution in [0, 0.1) is 11.3 Å². The summed E-state index contributed by atoms with van der Waals surface area (Å²) in [5, 5.41) is 3.17. The Balaban J connectivity index is 1.19. The van der Waals surface area contributed by atoms with Gasteiger partial charge in [0.25, 0.3) is 5.91 Å². The van der Waals surface area contributed by atoms with Crippen LogP contribution in [-0.4, -0.2) is 66.0 Å². The molecule has 0 atom stereocenters. The smallest absolute Gasteiger partial charge is 0.256 e. The lowest BCUT2D eigenvalue weighted by molar-refractivity contribution is -0.134. The van der Waals surface area contributed by atoms with Crippen molar-refractivity contribution < 1.29 is 14.3 Å². The molecule has 1 aromatic heterocycles. The summed E-state index contributed by atoms with van der Waals surface area (Å²) in [6.45, 7) is 6.54. The van der Waals surface area contributed by atoms with Crippen LogP contribution in [0.25, 0.3) is 0 Å². The second kappa shape index (κ2) is 12.1. The number of aryl methyl sites for hydroxylation is 1. The fourth-order valence-corrected chi connectivity index (χ4v) is 5.99. The number of benzene rings is 1. The van der Waals surface area contributed by atoms with Crippen LogP contribution in [-0.2, 0) is 11.2 Å². The topological polar surface area (TPSA) is 87.7 Å². The van der Waals surface area contributed by atoms with Crippen molar-refractivity contribution in [3.8, 4) is 5.75 Å². The van der Waals surface area contributed by atoms with E-state index in [2.05, 4.69) is 39.2 Å². The number of hydrogen-bond acceptors (Lipinski definition) is 6. The fraction of sp³-hybridized carbons (Fsp3) is 0.600. The monoisotopic (exact) mass is 519 g/mol. The van der Waals surface area contributed by atoms with Crippen molar-refractivity contribution in [2.45, 2.75) is 64.7 Å². The van der Waals surface area contributed by atoms with E-state index in [1.54, 1.807) is 12.4 Å². The number of anilines is 1. The summed E-state index contributed by atoms with van der Waals surface area (Å²) < 4.78 is 5.99. The van der Waals surface area contributed by atoms with E-state index in [9.17, 15) is 9.59 Å². The maximum Gasteiger partial charge on any atom is 0.256 e. The van der Waals surface area contributed by atoms with Gasteiger partial charge in [0.05, 0.1) is 17.6 Å². The number of likely N-dealkylation sites (tertiary alicyclic amines) is 1. The van der Waals surface area contributed by atoms with Crippen molar-refractivity contribution in [2.24, 2.45) is 11.3 Å². The van der Waals surface area contributed by atoms with Crippen LogP contribution >= 0.6 is 0 Å². The number of fused-ring (bicyclic) bond motifs is 1. The lowest BCUT2D eigenvalue weighted by Crippen LogP contribution is -2.50. The highest BCUT2D eigenvalue weighted by Gasteiger charge is 2.41. The van der Waals surface area contributed by atoms with Gasteiger partial charge >= 0.3 is 0 Å². The first-order valence-corrected chi connectivity index (χ1v) is 14.4. The standard InChI is InChI=1S/C30H41N5O3/c1-23-10-16-35(17-11-23)29-32-21-25(22-33-29)27(36)34-18-13-30(14-19-34)12-5-4-8-24-7-2-3-9-26(24)38-20-6-15-31-28(30)37/h2-3,7,9,21-23H,4-6,8,10-20H2,1H3,(H,31,37). The Labute approximate surface area is 226 Å². The molecule has 8 nitrogen and oxygen atoms in total. The molecule has 2 saturated heterocycles. The lowest BCUT2D eigenvalue weighted by Gasteiger charge is -2.41. The van der Waals surface area contributed by atoms with Crippen LogP contribution in [0.15, 0.2) is 36.7 Å². The molecule has 0 unspecified atom stereocenters. The molecule has 3 aliphatic heterocycles. The Morgan fingerprint density at radius 2 is 1.74 bits per heavy atom. The van der Waals surface area contributed by atoms with Gasteiger partial charge in [0, 0.05) is 45.1 Å². The van der Waals surface area contributed by atoms with Crippen molar-refractivity contribution in [1.29, 1.82) is 0 Å². The zero-order valence-corrected chi connectivity index (χ0v) is 22.7. The minimum absolute atomic E-state index is 0.0440. The number of amides is 2. The van der Waals surface area contributed by atoms with Crippen LogP contribution in [0.4, 0.5) is 5.95 Å². The average Bonchev–Trinajstić information content (AvgIpc) is 2.97. The number of ether oxygens (including phenoxy) is 1. The second-order valence-corrected chi connectivity index (χ2v) is 11.3. The molecule has 2 fully saturated rings. The molecule has 8 heteroatoms. The molecule has 0 radical (unpaired) electrons. The number of para-hydroxylation sites is 1. The molecule has 1 aromatic carbocycles. The van der Waals surface area contributed by atoms with E-state index in [1.165, 1.54) is 5.56 Å². The molecule has 1 N–H and O–H groups in total. The number of nitrogens with one attached hydrogen (secondary N) is 1. The Morgan fingerprint density at radius 3 is 2.50 bits per heavy atom. The largest absolute Gasteiger partial charge is 0.493 e. The average molecular weight is 520 g/mol. The highest BCUT2D eigenvalue weighted by Crippen LogP contribution is 2.38. The highest BCUT2D eigenvalue weighted by molar-refractivity contribution is 5.94. The van der Waals surface area contributed by atoms with Gasteiger partial charge in [-0.2, -0.15) is 0 Å². The third-order valence-electron chi connectivity index (χ3n) is 8.63. The first kappa shape index (κ1) is 26.4. The number of carbonyl (C=O) groups is 2. The predicted molar refractivity (Wildman–Crippen MR) is 147 cm³/mol. The number of hydrogen-bond donors (Lipinski definition) is 1. The van der Waals surface area contributed by atoms with E-state index < -0.39 is 5.41 Å². The number of carbonyl (C=O) groups excluding carboxylic acids is 2. The van der Waals surface area contributed by atoms with Gasteiger partial charge in [0.15, 0.2) is 0 Å². The molecule has 5 rings (SSSR count). The lowest BCUT2D eigenvalue weighted by atomic mass is 9.73. The van der Waals surface area contributed by atoms with Gasteiger partial charge in [-0.1, -0.05) is 31.5 Å². The van der Waals surface area contributed by atoms with E-state index in [0.717, 1.165) is 69.7 Å². The molecule has 204 valence electrons. The van der Waals surface area contributed by atoms with Crippen molar-refractivity contribution in [2.75, 3.05) is 44.2 Å². The molecule has 0 aliphatic carbocycles. The Morgan fingerprint density at radius 1 is 1.00 bits per heavy atom. The molecule has 3 aliphatic rings. The summed E-state index contributed by atoms with van der Waals surface area (Å²) in [5.74, 6) is 2.50. The summed E-state index contributed by atoms with van der Waals surface area (Å²) >= 11 is 0. The second-order valence-electron chi connectivity index (χ2n) is 11.3. The molecule has 0 saturated carbocycles. The number of piperidine rings is 2. The SMILES string of the molecule is CC1CCN(c2ncc(C(=O)N3CCC4(CCCCc5ccccc5OCCCNC4=O)CC3)cn2)CC1. The number of rotatable bonds is 2. The van der Waals surface area contributed by atoms with Crippen molar-refractivity contribution in [3.05, 3.63) is 47.8 Å². The molecule has 2 amide bonds. The van der Waals surface area contributed by atoms with E-state index in [1.807, 2.05) is 17.0 Å². The van der Waals surface area contributed by atoms with Crippen molar-refractivity contribution >= 4 is 17.8 Å². The van der Waals surface area contributed by atoms with Gasteiger partial charge < -0.3 is 19.9 Å². The van der Waals surface area contributed by atoms with E-state index in [-0.39, 0.29) is 11.8 Å². The third-order valence-corrected chi connectivity index (χ3v) is 8.63. The van der Waals surface area contributed by atoms with Crippen LogP contribution in [0.3, 0.4) is 0 Å². The summed E-state index contributed by atoms with van der Waals surface area (Å²) in [4.78, 5) is 39.7. The predicted octanol–water partition coefficient (Wildman–Crippen LogP) is 4.25. The Bertz CT molecular complexity index is 1090. The van der Waals surface area contributed by atoms with Crippen LogP contribution < -0.4 is 15.0 Å². The van der Waals surface area contributed by atoms with Gasteiger partial charge in [0.2, 0.25) is 11.9 Å². The molecular weight excluding hydrogens is 478 g/mol. The van der Waals surface area contributed by atoms with Crippen LogP contribution in [0.2, 0.25) is 0 Å². The highest BCUT2D eigenvalue weighted by atomic mass is 16.5. The van der Waals surface area contributed by atoms with Gasteiger partial charge in [-0.15, -0.1) is 0 Å². The quantitative estimate of drug-likeness (QED) is 0.638. The maximum absolute atomic E-state index is 13.4. The third kappa shape index (κ3) is 6.11. The summed E-state index contributed by atoms with van der Waals surface area (Å²) in [5.41, 5.74) is 1.34. The Kier molecular flexibility index (Phi) is 8.45. The van der Waals surface area contributed by atoms with Crippen molar-refractivity contribution in [1.82, 2.24) is 20.2 Å². The number of nitrogens with zero attached hydrogens (tertiary/aromatic N) is 4. The minimum Gasteiger partial charge on any atom is -0.493 e. The zero-order valence-electron chi connectivity index (χ0n) is 22.7. The van der Waals surface area contributed by atoms with Crippen LogP contribution in [0.5, 0.6) is 5.75 Å². The maximum atomic E-state index is 13.4. The van der Waals surface area contributed by atoms with Gasteiger partial charge in [-0.05, 0) is 68.9 Å². The zero-order chi connectivity index (χ0) is 26.4. The molecule has 38 heavy (non-hydrogen) atoms. The first-order valence-electron chi connectivity index (χ1n) is 14.4. The fourth-order valence-electron chi connectivity index (χ4n) is 5.99. The van der Waals surface area contributed by atoms with Gasteiger partial charge in [-0.3, -0.25) is 9.59 Å². The molecule has 0 bridgehead atoms. The Hall–Kier alpha value is -3.16. The van der Waals surface area contributed by atoms with E-state index in [4.69, 9.17) is 4.74 Å². The normalized spacial score (nSPS) is 21.3. The minimum atomic E-state index is -0.420. The molecule has 2 aromatic rings. The summed E-state index contributed by atoms with van der Waals surface area (Å²) in [6.07, 6.45) is 11.5. The van der Waals surface area contributed by atoms with Gasteiger partial charge in [0.1, 0.15) is 5.75 Å². The molecule has 1 spiro atoms. The number of aromatic nitrogens is 2. The van der Waals surface area contributed by atoms with E-state index >= 15 is 0 Å². The van der Waals surface area contributed by atoms with Crippen molar-refractivity contribution in [3.63, 3.8) is 0 Å². The first-order chi connectivity index (χ1) is 18.5. The molecule has 4 heterocycles. The van der Waals surface area contributed by atoms with Gasteiger partial charge in [-0.25, -0.2) is 9.97 Å². The molecular formula is C30H41N5O3. The van der Waals surface area contributed by atoms with Crippen LogP contribution in [0.1, 0.15) is 74.2 Å². The summed E-state index contributed by atoms with van der Waals surface area (Å²) in [7, 11) is 0. The van der Waals surface area contributed by atoms with E-state index in [0.29, 0.717) is 50.6 Å².